The van der Waals surface area contributed by atoms with Gasteiger partial charge >= 0.3 is 0 Å². The van der Waals surface area contributed by atoms with Crippen molar-refractivity contribution < 1.29 is 14.4 Å². The van der Waals surface area contributed by atoms with Crippen LogP contribution in [0.1, 0.15) is 65.7 Å². The Kier molecular flexibility index (Phi) is 6.73. The van der Waals surface area contributed by atoms with Gasteiger partial charge in [0.2, 0.25) is 11.8 Å². The number of carbonyl (C=O) groups is 3. The molecule has 164 valence electrons. The van der Waals surface area contributed by atoms with E-state index in [-0.39, 0.29) is 11.8 Å². The Labute approximate surface area is 182 Å². The van der Waals surface area contributed by atoms with Crippen LogP contribution in [0, 0.1) is 5.92 Å². The number of likely N-dealkylation sites (tertiary alicyclic amines) is 2. The van der Waals surface area contributed by atoms with E-state index in [1.807, 2.05) is 4.90 Å². The third-order valence-corrected chi connectivity index (χ3v) is 7.89. The van der Waals surface area contributed by atoms with E-state index in [1.54, 1.807) is 0 Å². The van der Waals surface area contributed by atoms with Crippen molar-refractivity contribution in [3.8, 4) is 0 Å². The number of amides is 3. The van der Waals surface area contributed by atoms with Crippen LogP contribution in [0.2, 0.25) is 0 Å². The van der Waals surface area contributed by atoms with Crippen molar-refractivity contribution in [1.29, 1.82) is 0 Å². The number of nitrogens with one attached hydrogen (secondary N) is 1. The fourth-order valence-electron chi connectivity index (χ4n) is 4.96. The summed E-state index contributed by atoms with van der Waals surface area (Å²) in [6.07, 6.45) is 8.40. The van der Waals surface area contributed by atoms with E-state index in [2.05, 4.69) is 10.2 Å². The summed E-state index contributed by atoms with van der Waals surface area (Å²) >= 11 is 1.51. The van der Waals surface area contributed by atoms with Crippen molar-refractivity contribution in [1.82, 2.24) is 9.80 Å². The molecule has 0 unspecified atom stereocenters. The Morgan fingerprint density at radius 3 is 2.40 bits per heavy atom. The molecule has 1 aliphatic carbocycles. The van der Waals surface area contributed by atoms with Crippen molar-refractivity contribution in [3.05, 3.63) is 16.0 Å². The number of nitrogens with two attached hydrogens (primary N) is 1. The van der Waals surface area contributed by atoms with Crippen molar-refractivity contribution in [2.75, 3.05) is 38.0 Å². The predicted octanol–water partition coefficient (Wildman–Crippen LogP) is 2.39. The van der Waals surface area contributed by atoms with Gasteiger partial charge in [0.25, 0.3) is 5.91 Å². The van der Waals surface area contributed by atoms with Gasteiger partial charge in [-0.3, -0.25) is 14.4 Å². The van der Waals surface area contributed by atoms with Gasteiger partial charge in [0.1, 0.15) is 5.00 Å². The molecule has 2 saturated heterocycles. The first-order chi connectivity index (χ1) is 14.5. The Morgan fingerprint density at radius 1 is 1.00 bits per heavy atom. The molecule has 0 radical (unpaired) electrons. The molecule has 1 aromatic heterocycles. The number of carbonyl (C=O) groups excluding carboxylic acids is 3. The number of rotatable bonds is 6. The van der Waals surface area contributed by atoms with Crippen LogP contribution in [0.4, 0.5) is 5.00 Å². The second kappa shape index (κ2) is 9.47. The maximum Gasteiger partial charge on any atom is 0.251 e. The number of piperidine rings is 1. The minimum Gasteiger partial charge on any atom is -0.365 e. The minimum absolute atomic E-state index is 0.0774. The molecule has 3 aliphatic rings. The number of thiophene rings is 1. The van der Waals surface area contributed by atoms with Gasteiger partial charge in [-0.2, -0.15) is 0 Å². The lowest BCUT2D eigenvalue weighted by Crippen LogP contribution is -2.42. The quantitative estimate of drug-likeness (QED) is 0.721. The van der Waals surface area contributed by atoms with Crippen LogP contribution in [0.5, 0.6) is 0 Å². The van der Waals surface area contributed by atoms with Gasteiger partial charge in [-0.05, 0) is 70.0 Å². The van der Waals surface area contributed by atoms with Gasteiger partial charge in [-0.15, -0.1) is 11.3 Å². The molecule has 0 bridgehead atoms. The highest BCUT2D eigenvalue weighted by Gasteiger charge is 2.30. The van der Waals surface area contributed by atoms with E-state index in [1.165, 1.54) is 16.2 Å². The predicted molar refractivity (Wildman–Crippen MR) is 118 cm³/mol. The van der Waals surface area contributed by atoms with Crippen LogP contribution >= 0.6 is 11.3 Å². The average molecular weight is 433 g/mol. The lowest BCUT2D eigenvalue weighted by molar-refractivity contribution is -0.136. The number of aryl methyl sites for hydroxylation is 1. The standard InChI is InChI=1S/C22H32N4O3S/c23-20(28)19-16-5-1-2-6-17(16)30-21(19)24-18(27)9-14-25-12-7-15(8-13-25)22(29)26-10-3-4-11-26/h15H,1-14H2,(H2,23,28)(H,24,27). The summed E-state index contributed by atoms with van der Waals surface area (Å²) in [5.74, 6) is -0.0601. The molecule has 3 heterocycles. The molecule has 3 amide bonds. The number of hydrogen-bond acceptors (Lipinski definition) is 5. The van der Waals surface area contributed by atoms with Gasteiger partial charge < -0.3 is 20.9 Å². The normalized spacial score (nSPS) is 20.2. The third kappa shape index (κ3) is 4.70. The maximum absolute atomic E-state index is 12.6. The molecule has 8 heteroatoms. The van der Waals surface area contributed by atoms with Gasteiger partial charge in [-0.1, -0.05) is 0 Å². The Hall–Kier alpha value is -1.93. The molecule has 4 rings (SSSR count). The van der Waals surface area contributed by atoms with E-state index in [4.69, 9.17) is 5.73 Å². The zero-order valence-electron chi connectivity index (χ0n) is 17.6. The zero-order chi connectivity index (χ0) is 21.1. The molecule has 2 fully saturated rings. The smallest absolute Gasteiger partial charge is 0.251 e. The monoisotopic (exact) mass is 432 g/mol. The average Bonchev–Trinajstić information content (AvgIpc) is 3.40. The van der Waals surface area contributed by atoms with E-state index >= 15 is 0 Å². The van der Waals surface area contributed by atoms with Crippen LogP contribution in [0.25, 0.3) is 0 Å². The van der Waals surface area contributed by atoms with E-state index in [0.717, 1.165) is 83.1 Å². The van der Waals surface area contributed by atoms with Crippen LogP contribution in [0.15, 0.2) is 0 Å². The van der Waals surface area contributed by atoms with Crippen LogP contribution < -0.4 is 11.1 Å². The largest absolute Gasteiger partial charge is 0.365 e. The fraction of sp³-hybridized carbons (Fsp3) is 0.682. The summed E-state index contributed by atoms with van der Waals surface area (Å²) < 4.78 is 0. The van der Waals surface area contributed by atoms with Gasteiger partial charge in [0, 0.05) is 36.9 Å². The second-order valence-corrected chi connectivity index (χ2v) is 9.83. The molecule has 0 saturated carbocycles. The molecule has 3 N–H and O–H groups in total. The first kappa shape index (κ1) is 21.3. The Morgan fingerprint density at radius 2 is 1.70 bits per heavy atom. The lowest BCUT2D eigenvalue weighted by atomic mass is 9.95. The number of primary amides is 1. The van der Waals surface area contributed by atoms with Gasteiger partial charge in [0.15, 0.2) is 0 Å². The summed E-state index contributed by atoms with van der Waals surface area (Å²) in [5, 5.41) is 3.56. The highest BCUT2D eigenvalue weighted by molar-refractivity contribution is 7.17. The van der Waals surface area contributed by atoms with E-state index in [0.29, 0.717) is 29.4 Å². The second-order valence-electron chi connectivity index (χ2n) is 8.73. The van der Waals surface area contributed by atoms with E-state index in [9.17, 15) is 14.4 Å². The van der Waals surface area contributed by atoms with Gasteiger partial charge in [-0.25, -0.2) is 0 Å². The molecule has 0 spiro atoms. The number of nitrogens with zero attached hydrogens (tertiary/aromatic N) is 2. The highest BCUT2D eigenvalue weighted by Crippen LogP contribution is 2.38. The molecule has 0 aromatic carbocycles. The zero-order valence-corrected chi connectivity index (χ0v) is 18.4. The molecule has 1 aromatic rings. The Balaban J connectivity index is 1.25. The minimum atomic E-state index is -0.450. The molecule has 2 aliphatic heterocycles. The fourth-order valence-corrected chi connectivity index (χ4v) is 6.27. The molecule has 30 heavy (non-hydrogen) atoms. The number of fused-ring (bicyclic) bond motifs is 1. The van der Waals surface area contributed by atoms with Crippen molar-refractivity contribution in [2.24, 2.45) is 11.7 Å². The van der Waals surface area contributed by atoms with Gasteiger partial charge in [0.05, 0.1) is 5.56 Å². The van der Waals surface area contributed by atoms with Crippen LogP contribution in [0.3, 0.4) is 0 Å². The topological polar surface area (TPSA) is 95.7 Å². The lowest BCUT2D eigenvalue weighted by Gasteiger charge is -2.33. The van der Waals surface area contributed by atoms with Crippen molar-refractivity contribution in [3.63, 3.8) is 0 Å². The molecule has 0 atom stereocenters. The van der Waals surface area contributed by atoms with E-state index < -0.39 is 5.91 Å². The summed E-state index contributed by atoms with van der Waals surface area (Å²) in [7, 11) is 0. The van der Waals surface area contributed by atoms with Crippen molar-refractivity contribution in [2.45, 2.75) is 57.8 Å². The van der Waals surface area contributed by atoms with Crippen LogP contribution in [-0.2, 0) is 22.4 Å². The SMILES string of the molecule is NC(=O)c1c(NC(=O)CCN2CCC(C(=O)N3CCCC3)CC2)sc2c1CCCC2. The summed E-state index contributed by atoms with van der Waals surface area (Å²) in [5.41, 5.74) is 7.17. The Bertz CT molecular complexity index is 808. The first-order valence-corrected chi connectivity index (χ1v) is 12.1. The molecular formula is C22H32N4O3S. The third-order valence-electron chi connectivity index (χ3n) is 6.68. The molecule has 7 nitrogen and oxygen atoms in total. The van der Waals surface area contributed by atoms with Crippen molar-refractivity contribution >= 4 is 34.1 Å². The first-order valence-electron chi connectivity index (χ1n) is 11.3. The molecular weight excluding hydrogens is 400 g/mol. The number of hydrogen-bond donors (Lipinski definition) is 2. The summed E-state index contributed by atoms with van der Waals surface area (Å²) in [6.45, 7) is 4.22. The highest BCUT2D eigenvalue weighted by atomic mass is 32.1. The van der Waals surface area contributed by atoms with Crippen LogP contribution in [-0.4, -0.2) is 60.2 Å². The number of anilines is 1. The summed E-state index contributed by atoms with van der Waals surface area (Å²) in [4.78, 5) is 42.5. The summed E-state index contributed by atoms with van der Waals surface area (Å²) in [6, 6.07) is 0. The maximum atomic E-state index is 12.6.